The molecule has 3 N–H and O–H groups in total. The smallest absolute Gasteiger partial charge is 0.247 e. The summed E-state index contributed by atoms with van der Waals surface area (Å²) in [5.41, 5.74) is 1.38. The molecule has 1 aromatic carbocycles. The number of nitrogens with one attached hydrogen (secondary N) is 1. The SMILES string of the molecule is O=C(NCCO)C1=CC(N(C(=O)C2CC2)C2CCCCC2)C(O)C2Oc3ccccc3C12. The van der Waals surface area contributed by atoms with Crippen LogP contribution >= 0.6 is 0 Å². The first kappa shape index (κ1) is 21.5. The van der Waals surface area contributed by atoms with Gasteiger partial charge in [-0.15, -0.1) is 0 Å². The Balaban J connectivity index is 1.54. The monoisotopic (exact) mass is 440 g/mol. The van der Waals surface area contributed by atoms with Crippen molar-refractivity contribution in [2.75, 3.05) is 13.2 Å². The van der Waals surface area contributed by atoms with E-state index in [0.717, 1.165) is 44.1 Å². The van der Waals surface area contributed by atoms with Crippen molar-refractivity contribution in [1.29, 1.82) is 0 Å². The number of carbonyl (C=O) groups is 2. The van der Waals surface area contributed by atoms with Gasteiger partial charge in [-0.3, -0.25) is 9.59 Å². The molecule has 7 nitrogen and oxygen atoms in total. The Morgan fingerprint density at radius 3 is 2.56 bits per heavy atom. The maximum atomic E-state index is 13.4. The molecule has 2 fully saturated rings. The molecule has 4 unspecified atom stereocenters. The molecular formula is C25H32N2O5. The van der Waals surface area contributed by atoms with Gasteiger partial charge in [-0.25, -0.2) is 0 Å². The van der Waals surface area contributed by atoms with Gasteiger partial charge in [0.2, 0.25) is 11.8 Å². The number of fused-ring (bicyclic) bond motifs is 3. The molecule has 0 radical (unpaired) electrons. The lowest BCUT2D eigenvalue weighted by Gasteiger charge is -2.45. The highest BCUT2D eigenvalue weighted by Crippen LogP contribution is 2.48. The number of aliphatic hydroxyl groups is 2. The van der Waals surface area contributed by atoms with Crippen LogP contribution in [-0.4, -0.2) is 64.4 Å². The van der Waals surface area contributed by atoms with Crippen molar-refractivity contribution >= 4 is 11.8 Å². The van der Waals surface area contributed by atoms with Crippen LogP contribution in [0.15, 0.2) is 35.9 Å². The number of nitrogens with zero attached hydrogens (tertiary/aromatic N) is 1. The molecule has 2 saturated carbocycles. The summed E-state index contributed by atoms with van der Waals surface area (Å²) in [5, 5.41) is 23.5. The van der Waals surface area contributed by atoms with Crippen molar-refractivity contribution in [3.05, 3.63) is 41.5 Å². The predicted octanol–water partition coefficient (Wildman–Crippen LogP) is 1.88. The van der Waals surface area contributed by atoms with Crippen molar-refractivity contribution in [3.63, 3.8) is 0 Å². The fourth-order valence-electron chi connectivity index (χ4n) is 5.63. The summed E-state index contributed by atoms with van der Waals surface area (Å²) >= 11 is 0. The van der Waals surface area contributed by atoms with Crippen LogP contribution in [0.4, 0.5) is 0 Å². The second-order valence-corrected chi connectivity index (χ2v) is 9.49. The molecule has 2 amide bonds. The Bertz CT molecular complexity index is 905. The molecule has 7 heteroatoms. The van der Waals surface area contributed by atoms with Gasteiger partial charge in [0.1, 0.15) is 18.0 Å². The van der Waals surface area contributed by atoms with Crippen LogP contribution in [0.2, 0.25) is 0 Å². The van der Waals surface area contributed by atoms with Crippen LogP contribution < -0.4 is 10.1 Å². The Morgan fingerprint density at radius 1 is 1.09 bits per heavy atom. The first-order chi connectivity index (χ1) is 15.6. The molecule has 32 heavy (non-hydrogen) atoms. The standard InChI is InChI=1S/C25H32N2O5/c28-13-12-26-24(30)18-14-19(22(29)23-21(18)17-8-4-5-9-20(17)32-23)27(25(31)15-10-11-15)16-6-2-1-3-7-16/h4-5,8-9,14-16,19,21-23,28-29H,1-3,6-7,10-13H2,(H,26,30). The number of hydrogen-bond acceptors (Lipinski definition) is 5. The van der Waals surface area contributed by atoms with Crippen LogP contribution in [0.5, 0.6) is 5.75 Å². The number of benzene rings is 1. The van der Waals surface area contributed by atoms with E-state index in [1.54, 1.807) is 6.08 Å². The summed E-state index contributed by atoms with van der Waals surface area (Å²) in [7, 11) is 0. The highest BCUT2D eigenvalue weighted by atomic mass is 16.5. The summed E-state index contributed by atoms with van der Waals surface area (Å²) in [4.78, 5) is 28.5. The number of carbonyl (C=O) groups excluding carboxylic acids is 2. The third-order valence-corrected chi connectivity index (χ3v) is 7.35. The van der Waals surface area contributed by atoms with E-state index >= 15 is 0 Å². The van der Waals surface area contributed by atoms with Crippen molar-refractivity contribution in [2.24, 2.45) is 5.92 Å². The van der Waals surface area contributed by atoms with Crippen molar-refractivity contribution < 1.29 is 24.5 Å². The van der Waals surface area contributed by atoms with Gasteiger partial charge in [0.15, 0.2) is 0 Å². The Labute approximate surface area is 188 Å². The molecule has 0 aromatic heterocycles. The maximum absolute atomic E-state index is 13.4. The Kier molecular flexibility index (Phi) is 5.95. The van der Waals surface area contributed by atoms with Gasteiger partial charge < -0.3 is 25.2 Å². The van der Waals surface area contributed by atoms with Crippen LogP contribution in [-0.2, 0) is 9.59 Å². The molecule has 4 aliphatic rings. The van der Waals surface area contributed by atoms with Gasteiger partial charge >= 0.3 is 0 Å². The molecule has 5 rings (SSSR count). The number of rotatable bonds is 6. The van der Waals surface area contributed by atoms with Gasteiger partial charge in [-0.05, 0) is 37.8 Å². The van der Waals surface area contributed by atoms with Gasteiger partial charge in [0.25, 0.3) is 0 Å². The van der Waals surface area contributed by atoms with Crippen LogP contribution in [0, 0.1) is 5.92 Å². The zero-order valence-corrected chi connectivity index (χ0v) is 18.3. The third-order valence-electron chi connectivity index (χ3n) is 7.35. The Morgan fingerprint density at radius 2 is 1.84 bits per heavy atom. The van der Waals surface area contributed by atoms with Crippen molar-refractivity contribution in [2.45, 2.75) is 75.2 Å². The number of ether oxygens (including phenoxy) is 1. The summed E-state index contributed by atoms with van der Waals surface area (Å²) < 4.78 is 6.17. The van der Waals surface area contributed by atoms with Gasteiger partial charge in [0.05, 0.1) is 18.6 Å². The second kappa shape index (κ2) is 8.87. The van der Waals surface area contributed by atoms with E-state index in [1.165, 1.54) is 6.42 Å². The topological polar surface area (TPSA) is 99.1 Å². The lowest BCUT2D eigenvalue weighted by atomic mass is 9.76. The first-order valence-corrected chi connectivity index (χ1v) is 12.0. The lowest BCUT2D eigenvalue weighted by Crippen LogP contribution is -2.59. The first-order valence-electron chi connectivity index (χ1n) is 12.0. The van der Waals surface area contributed by atoms with E-state index in [4.69, 9.17) is 4.74 Å². The highest BCUT2D eigenvalue weighted by molar-refractivity contribution is 5.96. The fourth-order valence-corrected chi connectivity index (χ4v) is 5.63. The van der Waals surface area contributed by atoms with Crippen molar-refractivity contribution in [1.82, 2.24) is 10.2 Å². The zero-order valence-electron chi connectivity index (χ0n) is 18.3. The fraction of sp³-hybridized carbons (Fsp3) is 0.600. The maximum Gasteiger partial charge on any atom is 0.247 e. The summed E-state index contributed by atoms with van der Waals surface area (Å²) in [6.07, 6.45) is 7.21. The van der Waals surface area contributed by atoms with E-state index in [0.29, 0.717) is 11.3 Å². The predicted molar refractivity (Wildman–Crippen MR) is 118 cm³/mol. The summed E-state index contributed by atoms with van der Waals surface area (Å²) in [5.74, 6) is 0.111. The molecule has 172 valence electrons. The van der Waals surface area contributed by atoms with Crippen LogP contribution in [0.25, 0.3) is 0 Å². The zero-order chi connectivity index (χ0) is 22.2. The molecule has 0 saturated heterocycles. The molecule has 1 heterocycles. The number of para-hydroxylation sites is 1. The minimum absolute atomic E-state index is 0.0311. The average Bonchev–Trinajstić information content (AvgIpc) is 3.60. The molecular weight excluding hydrogens is 408 g/mol. The highest BCUT2D eigenvalue weighted by Gasteiger charge is 2.52. The molecule has 1 aliphatic heterocycles. The second-order valence-electron chi connectivity index (χ2n) is 9.49. The average molecular weight is 441 g/mol. The van der Waals surface area contributed by atoms with Crippen LogP contribution in [0.1, 0.15) is 56.4 Å². The van der Waals surface area contributed by atoms with E-state index in [1.807, 2.05) is 29.2 Å². The third kappa shape index (κ3) is 3.82. The minimum Gasteiger partial charge on any atom is -0.486 e. The normalized spacial score (nSPS) is 29.4. The largest absolute Gasteiger partial charge is 0.486 e. The van der Waals surface area contributed by atoms with E-state index in [2.05, 4.69) is 5.32 Å². The minimum atomic E-state index is -0.925. The Hall–Kier alpha value is -2.38. The van der Waals surface area contributed by atoms with Gasteiger partial charge in [0, 0.05) is 29.6 Å². The van der Waals surface area contributed by atoms with Gasteiger partial charge in [-0.2, -0.15) is 0 Å². The summed E-state index contributed by atoms with van der Waals surface area (Å²) in [6, 6.07) is 7.03. The van der Waals surface area contributed by atoms with E-state index < -0.39 is 24.2 Å². The molecule has 4 atom stereocenters. The van der Waals surface area contributed by atoms with E-state index in [9.17, 15) is 19.8 Å². The van der Waals surface area contributed by atoms with Crippen LogP contribution in [0.3, 0.4) is 0 Å². The number of aliphatic hydroxyl groups excluding tert-OH is 2. The molecule has 1 aromatic rings. The number of amides is 2. The molecule has 0 spiro atoms. The van der Waals surface area contributed by atoms with Crippen molar-refractivity contribution in [3.8, 4) is 5.75 Å². The van der Waals surface area contributed by atoms with E-state index in [-0.39, 0.29) is 36.9 Å². The molecule has 3 aliphatic carbocycles. The summed E-state index contributed by atoms with van der Waals surface area (Å²) in [6.45, 7) is -0.00273. The quantitative estimate of drug-likeness (QED) is 0.627. The number of hydrogen-bond donors (Lipinski definition) is 3. The lowest BCUT2D eigenvalue weighted by molar-refractivity contribution is -0.142. The molecule has 0 bridgehead atoms. The van der Waals surface area contributed by atoms with Gasteiger partial charge in [-0.1, -0.05) is 37.5 Å².